The van der Waals surface area contributed by atoms with Gasteiger partial charge in [-0.25, -0.2) is 4.98 Å². The van der Waals surface area contributed by atoms with E-state index in [9.17, 15) is 0 Å². The number of rotatable bonds is 1. The van der Waals surface area contributed by atoms with Gasteiger partial charge in [0.2, 0.25) is 5.88 Å². The van der Waals surface area contributed by atoms with E-state index >= 15 is 0 Å². The van der Waals surface area contributed by atoms with Crippen molar-refractivity contribution in [3.05, 3.63) is 23.4 Å². The maximum absolute atomic E-state index is 5.24. The molecule has 0 bridgehead atoms. The van der Waals surface area contributed by atoms with Crippen LogP contribution in [0.25, 0.3) is 0 Å². The third kappa shape index (κ3) is 1.30. The lowest BCUT2D eigenvalue weighted by Gasteiger charge is -2.54. The van der Waals surface area contributed by atoms with Crippen molar-refractivity contribution in [1.82, 2.24) is 4.98 Å². The highest BCUT2D eigenvalue weighted by molar-refractivity contribution is 5.43. The monoisotopic (exact) mass is 231 g/mol. The molecule has 1 heterocycles. The van der Waals surface area contributed by atoms with Gasteiger partial charge in [0.25, 0.3) is 0 Å². The van der Waals surface area contributed by atoms with Crippen molar-refractivity contribution in [3.63, 3.8) is 0 Å². The Morgan fingerprint density at radius 2 is 2.18 bits per heavy atom. The van der Waals surface area contributed by atoms with Crippen molar-refractivity contribution in [3.8, 4) is 5.88 Å². The van der Waals surface area contributed by atoms with E-state index in [0.29, 0.717) is 10.8 Å². The van der Waals surface area contributed by atoms with Crippen LogP contribution in [-0.2, 0) is 6.42 Å². The van der Waals surface area contributed by atoms with Crippen LogP contribution < -0.4 is 4.74 Å². The Morgan fingerprint density at radius 1 is 1.41 bits per heavy atom. The summed E-state index contributed by atoms with van der Waals surface area (Å²) in [6.07, 6.45) is 5.94. The lowest BCUT2D eigenvalue weighted by molar-refractivity contribution is -0.0177. The molecule has 2 atom stereocenters. The highest BCUT2D eigenvalue weighted by Crippen LogP contribution is 2.67. The molecule has 2 nitrogen and oxygen atoms in total. The van der Waals surface area contributed by atoms with Crippen molar-refractivity contribution in [2.45, 2.75) is 46.0 Å². The Kier molecular flexibility index (Phi) is 2.11. The lowest BCUT2D eigenvalue weighted by Crippen LogP contribution is -2.46. The summed E-state index contributed by atoms with van der Waals surface area (Å²) in [7, 11) is 1.69. The number of ether oxygens (including phenoxy) is 1. The minimum absolute atomic E-state index is 0.377. The molecule has 1 fully saturated rings. The number of pyridine rings is 1. The second-order valence-electron chi connectivity index (χ2n) is 6.60. The molecule has 92 valence electrons. The average molecular weight is 231 g/mol. The van der Waals surface area contributed by atoms with Crippen LogP contribution in [0.15, 0.2) is 12.3 Å². The Balaban J connectivity index is 2.04. The van der Waals surface area contributed by atoms with E-state index in [1.54, 1.807) is 7.11 Å². The molecule has 0 amide bonds. The van der Waals surface area contributed by atoms with E-state index in [-0.39, 0.29) is 0 Å². The molecule has 0 radical (unpaired) electrons. The Labute approximate surface area is 103 Å². The fourth-order valence-electron chi connectivity index (χ4n) is 3.87. The summed E-state index contributed by atoms with van der Waals surface area (Å²) in [5.74, 6) is 1.49. The van der Waals surface area contributed by atoms with Crippen LogP contribution in [0, 0.1) is 10.8 Å². The zero-order chi connectivity index (χ0) is 12.3. The standard InChI is InChI=1S/C15H21NO/c1-14(2,3)15-6-5-12(15)11-9-16-13(17-4)7-10(11)8-15/h7,9,12H,5-6,8H2,1-4H3/t12-,15?/m1/s1. The van der Waals surface area contributed by atoms with Gasteiger partial charge in [0.15, 0.2) is 0 Å². The van der Waals surface area contributed by atoms with Crippen LogP contribution in [0.1, 0.15) is 50.7 Å². The van der Waals surface area contributed by atoms with E-state index in [1.807, 2.05) is 6.20 Å². The minimum atomic E-state index is 0.377. The third-order valence-electron chi connectivity index (χ3n) is 5.13. The van der Waals surface area contributed by atoms with Crippen LogP contribution >= 0.6 is 0 Å². The van der Waals surface area contributed by atoms with E-state index in [0.717, 1.165) is 11.8 Å². The van der Waals surface area contributed by atoms with Crippen LogP contribution in [0.2, 0.25) is 0 Å². The fourth-order valence-corrected chi connectivity index (χ4v) is 3.87. The topological polar surface area (TPSA) is 22.1 Å². The molecule has 1 unspecified atom stereocenters. The summed E-state index contributed by atoms with van der Waals surface area (Å²) >= 11 is 0. The van der Waals surface area contributed by atoms with E-state index < -0.39 is 0 Å². The zero-order valence-electron chi connectivity index (χ0n) is 11.2. The Bertz CT molecular complexity index is 460. The van der Waals surface area contributed by atoms with Crippen LogP contribution in [-0.4, -0.2) is 12.1 Å². The number of hydrogen-bond donors (Lipinski definition) is 0. The van der Waals surface area contributed by atoms with Crippen LogP contribution in [0.3, 0.4) is 0 Å². The SMILES string of the molecule is COc1cc2c(cn1)[C@H]1CCC1(C(C)(C)C)C2. The Morgan fingerprint density at radius 3 is 2.71 bits per heavy atom. The summed E-state index contributed by atoms with van der Waals surface area (Å²) in [6, 6.07) is 2.14. The van der Waals surface area contributed by atoms with Gasteiger partial charge in [0, 0.05) is 12.3 Å². The van der Waals surface area contributed by atoms with Gasteiger partial charge in [-0.2, -0.15) is 0 Å². The number of nitrogens with zero attached hydrogens (tertiary/aromatic N) is 1. The van der Waals surface area contributed by atoms with Crippen molar-refractivity contribution in [2.24, 2.45) is 10.8 Å². The van der Waals surface area contributed by atoms with Gasteiger partial charge in [-0.15, -0.1) is 0 Å². The van der Waals surface area contributed by atoms with Crippen LogP contribution in [0.4, 0.5) is 0 Å². The second kappa shape index (κ2) is 3.24. The molecule has 0 N–H and O–H groups in total. The average Bonchev–Trinajstić information content (AvgIpc) is 2.45. The predicted molar refractivity (Wildman–Crippen MR) is 68.4 cm³/mol. The molecule has 2 heteroatoms. The first-order valence-electron chi connectivity index (χ1n) is 6.51. The molecule has 3 rings (SSSR count). The first-order valence-corrected chi connectivity index (χ1v) is 6.51. The van der Waals surface area contributed by atoms with Crippen molar-refractivity contribution >= 4 is 0 Å². The first-order chi connectivity index (χ1) is 7.98. The molecule has 1 aromatic heterocycles. The molecule has 0 aliphatic heterocycles. The van der Waals surface area contributed by atoms with Gasteiger partial charge >= 0.3 is 0 Å². The van der Waals surface area contributed by atoms with Gasteiger partial charge in [0.05, 0.1) is 7.11 Å². The third-order valence-corrected chi connectivity index (χ3v) is 5.13. The molecule has 0 aromatic carbocycles. The Hall–Kier alpha value is -1.05. The number of methoxy groups -OCH3 is 1. The molecule has 0 spiro atoms. The van der Waals surface area contributed by atoms with Gasteiger partial charge in [-0.3, -0.25) is 0 Å². The number of hydrogen-bond acceptors (Lipinski definition) is 2. The number of fused-ring (bicyclic) bond motifs is 3. The molecule has 2 aliphatic carbocycles. The van der Waals surface area contributed by atoms with Crippen molar-refractivity contribution in [2.75, 3.05) is 7.11 Å². The molecular weight excluding hydrogens is 210 g/mol. The minimum Gasteiger partial charge on any atom is -0.481 e. The molecule has 2 aliphatic rings. The molecular formula is C15H21NO. The summed E-state index contributed by atoms with van der Waals surface area (Å²) in [4.78, 5) is 4.38. The van der Waals surface area contributed by atoms with E-state index in [4.69, 9.17) is 4.74 Å². The highest BCUT2D eigenvalue weighted by Gasteiger charge is 2.58. The van der Waals surface area contributed by atoms with Crippen molar-refractivity contribution < 1.29 is 4.74 Å². The molecule has 0 saturated heterocycles. The van der Waals surface area contributed by atoms with Gasteiger partial charge in [-0.1, -0.05) is 20.8 Å². The van der Waals surface area contributed by atoms with Gasteiger partial charge in [0.1, 0.15) is 0 Å². The second-order valence-corrected chi connectivity index (χ2v) is 6.60. The normalized spacial score (nSPS) is 30.5. The fraction of sp³-hybridized carbons (Fsp3) is 0.667. The van der Waals surface area contributed by atoms with Crippen LogP contribution in [0.5, 0.6) is 5.88 Å². The molecule has 1 saturated carbocycles. The zero-order valence-corrected chi connectivity index (χ0v) is 11.2. The largest absolute Gasteiger partial charge is 0.481 e. The summed E-state index contributed by atoms with van der Waals surface area (Å²) in [5.41, 5.74) is 3.80. The number of aromatic nitrogens is 1. The maximum atomic E-state index is 5.24. The summed E-state index contributed by atoms with van der Waals surface area (Å²) < 4.78 is 5.24. The molecule has 17 heavy (non-hydrogen) atoms. The van der Waals surface area contributed by atoms with E-state index in [1.165, 1.54) is 30.4 Å². The van der Waals surface area contributed by atoms with Gasteiger partial charge in [-0.05, 0) is 47.1 Å². The molecule has 1 aromatic rings. The smallest absolute Gasteiger partial charge is 0.213 e. The lowest BCUT2D eigenvalue weighted by atomic mass is 9.50. The first kappa shape index (κ1) is 11.1. The van der Waals surface area contributed by atoms with Gasteiger partial charge < -0.3 is 4.74 Å². The van der Waals surface area contributed by atoms with E-state index in [2.05, 4.69) is 31.8 Å². The predicted octanol–water partition coefficient (Wildman–Crippen LogP) is 3.56. The quantitative estimate of drug-likeness (QED) is 0.737. The summed E-state index contributed by atoms with van der Waals surface area (Å²) in [6.45, 7) is 7.15. The highest BCUT2D eigenvalue weighted by atomic mass is 16.5. The maximum Gasteiger partial charge on any atom is 0.213 e. The summed E-state index contributed by atoms with van der Waals surface area (Å²) in [5, 5.41) is 0. The van der Waals surface area contributed by atoms with Crippen molar-refractivity contribution in [1.29, 1.82) is 0 Å².